The molecular formula is C28H44ClN3O2. The largest absolute Gasteiger partial charge is 0.508 e. The van der Waals surface area contributed by atoms with Crippen LogP contribution in [-0.2, 0) is 10.2 Å². The van der Waals surface area contributed by atoms with Crippen molar-refractivity contribution in [1.82, 2.24) is 15.1 Å². The number of rotatable bonds is 6. The Kier molecular flexibility index (Phi) is 8.29. The molecule has 6 heteroatoms. The first-order valence-corrected chi connectivity index (χ1v) is 13.0. The smallest absolute Gasteiger partial charge is 0.245 e. The van der Waals surface area contributed by atoms with E-state index in [1.54, 1.807) is 6.07 Å². The molecule has 34 heavy (non-hydrogen) atoms. The Balaban J connectivity index is 0.00000324. The van der Waals surface area contributed by atoms with Gasteiger partial charge >= 0.3 is 0 Å². The third-order valence-corrected chi connectivity index (χ3v) is 8.44. The van der Waals surface area contributed by atoms with Crippen LogP contribution in [0.2, 0.25) is 0 Å². The van der Waals surface area contributed by atoms with E-state index in [0.717, 1.165) is 32.5 Å². The number of carbonyl (C=O) groups is 1. The fraction of sp³-hybridized carbons (Fsp3) is 0.679. The second kappa shape index (κ2) is 10.5. The summed E-state index contributed by atoms with van der Waals surface area (Å²) < 4.78 is 0. The average molecular weight is 490 g/mol. The molecule has 0 spiro atoms. The van der Waals surface area contributed by atoms with Crippen LogP contribution in [0.15, 0.2) is 36.0 Å². The quantitative estimate of drug-likeness (QED) is 0.594. The Bertz CT molecular complexity index is 893. The lowest BCUT2D eigenvalue weighted by molar-refractivity contribution is -0.137. The zero-order valence-electron chi connectivity index (χ0n) is 21.8. The van der Waals surface area contributed by atoms with Gasteiger partial charge in [0.1, 0.15) is 11.8 Å². The summed E-state index contributed by atoms with van der Waals surface area (Å²) in [7, 11) is 0. The van der Waals surface area contributed by atoms with E-state index in [2.05, 4.69) is 63.9 Å². The monoisotopic (exact) mass is 489 g/mol. The Morgan fingerprint density at radius 2 is 1.97 bits per heavy atom. The van der Waals surface area contributed by atoms with Gasteiger partial charge in [0.15, 0.2) is 0 Å². The van der Waals surface area contributed by atoms with E-state index < -0.39 is 0 Å². The van der Waals surface area contributed by atoms with E-state index >= 15 is 0 Å². The Hall–Kier alpha value is -1.72. The number of carbonyl (C=O) groups excluding carboxylic acids is 1. The van der Waals surface area contributed by atoms with Gasteiger partial charge in [0.25, 0.3) is 0 Å². The zero-order chi connectivity index (χ0) is 23.9. The molecule has 2 N–H and O–H groups in total. The van der Waals surface area contributed by atoms with E-state index in [4.69, 9.17) is 0 Å². The molecule has 5 nitrogen and oxygen atoms in total. The predicted molar refractivity (Wildman–Crippen MR) is 141 cm³/mol. The molecule has 0 aromatic heterocycles. The number of nitrogens with zero attached hydrogens (tertiary/aromatic N) is 2. The number of phenols is 1. The lowest BCUT2D eigenvalue weighted by atomic mass is 9.59. The van der Waals surface area contributed by atoms with Crippen LogP contribution in [0, 0.1) is 17.8 Å². The molecule has 0 saturated carbocycles. The molecule has 0 bridgehead atoms. The molecule has 5 atom stereocenters. The number of nitrogens with one attached hydrogen (secondary N) is 1. The molecular weight excluding hydrogens is 446 g/mol. The molecule has 1 amide bonds. The van der Waals surface area contributed by atoms with E-state index in [0.29, 0.717) is 17.6 Å². The summed E-state index contributed by atoms with van der Waals surface area (Å²) in [6, 6.07) is 8.08. The highest BCUT2D eigenvalue weighted by molar-refractivity contribution is 5.85. The number of aromatic hydroxyl groups is 1. The van der Waals surface area contributed by atoms with E-state index in [1.165, 1.54) is 17.7 Å². The number of halogens is 1. The number of likely N-dealkylation sites (tertiary alicyclic amines) is 1. The summed E-state index contributed by atoms with van der Waals surface area (Å²) in [5.41, 5.74) is 2.37. The Labute approximate surface area is 212 Å². The van der Waals surface area contributed by atoms with Crippen LogP contribution < -0.4 is 5.32 Å². The highest BCUT2D eigenvalue weighted by Gasteiger charge is 2.52. The van der Waals surface area contributed by atoms with Gasteiger partial charge in [-0.05, 0) is 89.6 Å². The molecule has 1 aliphatic carbocycles. The van der Waals surface area contributed by atoms with Crippen molar-refractivity contribution in [2.45, 2.75) is 84.3 Å². The van der Waals surface area contributed by atoms with Crippen LogP contribution in [0.1, 0.15) is 66.4 Å². The van der Waals surface area contributed by atoms with Crippen molar-refractivity contribution in [2.75, 3.05) is 19.6 Å². The van der Waals surface area contributed by atoms with Crippen LogP contribution in [0.25, 0.3) is 0 Å². The van der Waals surface area contributed by atoms with Crippen molar-refractivity contribution in [2.24, 2.45) is 17.8 Å². The van der Waals surface area contributed by atoms with Gasteiger partial charge in [-0.15, -0.1) is 12.4 Å². The zero-order valence-corrected chi connectivity index (χ0v) is 22.6. The molecule has 190 valence electrons. The van der Waals surface area contributed by atoms with Gasteiger partial charge in [-0.3, -0.25) is 4.79 Å². The van der Waals surface area contributed by atoms with Crippen molar-refractivity contribution < 1.29 is 9.90 Å². The summed E-state index contributed by atoms with van der Waals surface area (Å²) in [5, 5.41) is 14.0. The molecule has 1 aromatic rings. The highest BCUT2D eigenvalue weighted by Crippen LogP contribution is 2.52. The van der Waals surface area contributed by atoms with E-state index in [-0.39, 0.29) is 47.8 Å². The van der Waals surface area contributed by atoms with Crippen molar-refractivity contribution in [1.29, 1.82) is 0 Å². The first kappa shape index (κ1) is 26.9. The van der Waals surface area contributed by atoms with Gasteiger partial charge in [-0.2, -0.15) is 0 Å². The molecule has 2 heterocycles. The van der Waals surface area contributed by atoms with Crippen LogP contribution in [0.5, 0.6) is 5.75 Å². The lowest BCUT2D eigenvalue weighted by Gasteiger charge is -2.51. The third kappa shape index (κ3) is 4.70. The molecule has 5 unspecified atom stereocenters. The fourth-order valence-corrected chi connectivity index (χ4v) is 6.93. The third-order valence-electron chi connectivity index (χ3n) is 8.44. The number of phenolic OH excluding ortho intramolecular Hbond substituents is 1. The number of hydrogen-bond acceptors (Lipinski definition) is 4. The van der Waals surface area contributed by atoms with Gasteiger partial charge in [-0.1, -0.05) is 32.1 Å². The van der Waals surface area contributed by atoms with Crippen LogP contribution in [0.4, 0.5) is 0 Å². The van der Waals surface area contributed by atoms with Gasteiger partial charge in [0, 0.05) is 35.7 Å². The van der Waals surface area contributed by atoms with Gasteiger partial charge < -0.3 is 20.2 Å². The maximum absolute atomic E-state index is 13.6. The van der Waals surface area contributed by atoms with E-state index in [9.17, 15) is 9.90 Å². The molecule has 3 aliphatic rings. The highest BCUT2D eigenvalue weighted by atomic mass is 35.5. The van der Waals surface area contributed by atoms with Gasteiger partial charge in [-0.25, -0.2) is 0 Å². The summed E-state index contributed by atoms with van der Waals surface area (Å²) in [6.07, 6.45) is 5.77. The first-order chi connectivity index (χ1) is 15.7. The summed E-state index contributed by atoms with van der Waals surface area (Å²) >= 11 is 0. The maximum atomic E-state index is 13.6. The normalized spacial score (nSPS) is 30.8. The molecule has 4 rings (SSSR count). The number of benzene rings is 1. The second-order valence-corrected chi connectivity index (χ2v) is 11.2. The van der Waals surface area contributed by atoms with Crippen LogP contribution >= 0.6 is 12.4 Å². The van der Waals surface area contributed by atoms with Crippen molar-refractivity contribution in [3.05, 3.63) is 41.6 Å². The molecule has 1 aromatic carbocycles. The minimum Gasteiger partial charge on any atom is -0.508 e. The molecule has 2 fully saturated rings. The second-order valence-electron chi connectivity index (χ2n) is 11.2. The minimum atomic E-state index is -0.167. The van der Waals surface area contributed by atoms with Crippen molar-refractivity contribution in [3.63, 3.8) is 0 Å². The predicted octanol–water partition coefficient (Wildman–Crippen LogP) is 4.94. The maximum Gasteiger partial charge on any atom is 0.245 e. The number of piperidine rings is 1. The number of allylic oxidation sites excluding steroid dienone is 2. The van der Waals surface area contributed by atoms with Gasteiger partial charge in [0.2, 0.25) is 5.91 Å². The number of hydrogen-bond donors (Lipinski definition) is 2. The summed E-state index contributed by atoms with van der Waals surface area (Å²) in [6.45, 7) is 16.2. The fourth-order valence-electron chi connectivity index (χ4n) is 6.93. The minimum absolute atomic E-state index is 0. The number of amides is 1. The molecule has 2 aliphatic heterocycles. The first-order valence-electron chi connectivity index (χ1n) is 13.0. The topological polar surface area (TPSA) is 55.8 Å². The standard InChI is InChI=1S/C28H43N3O2.ClH/c1-7-12-30-13-11-28(21-9-8-10-23(32)14-21)16-25-24(15-22(28)17-30)20(6)26(29-25)27(33)31(18(2)3)19(4)5;/h8-10,14,16,18-20,22,24,26,29,32H,7,11-13,15,17H2,1-6H3;1H. The van der Waals surface area contributed by atoms with Crippen molar-refractivity contribution >= 4 is 18.3 Å². The number of fused-ring (bicyclic) bond motifs is 2. The summed E-state index contributed by atoms with van der Waals surface area (Å²) in [5.74, 6) is 1.70. The Morgan fingerprint density at radius 1 is 1.26 bits per heavy atom. The summed E-state index contributed by atoms with van der Waals surface area (Å²) in [4.78, 5) is 18.3. The van der Waals surface area contributed by atoms with Gasteiger partial charge in [0.05, 0.1) is 0 Å². The van der Waals surface area contributed by atoms with Crippen LogP contribution in [-0.4, -0.2) is 58.6 Å². The SMILES string of the molecule is CCCN1CCC2(c3cccc(O)c3)C=C3NC(C(=O)N(C(C)C)C(C)C)C(C)C3CC2C1.Cl. The molecule has 0 radical (unpaired) electrons. The van der Waals surface area contributed by atoms with Crippen LogP contribution in [0.3, 0.4) is 0 Å². The van der Waals surface area contributed by atoms with E-state index in [1.807, 2.05) is 17.0 Å². The Morgan fingerprint density at radius 3 is 2.59 bits per heavy atom. The average Bonchev–Trinajstić information content (AvgIpc) is 3.07. The lowest BCUT2D eigenvalue weighted by Crippen LogP contribution is -2.52. The van der Waals surface area contributed by atoms with Crippen molar-refractivity contribution in [3.8, 4) is 5.75 Å². The molecule has 2 saturated heterocycles.